The molecule has 0 fully saturated rings. The number of H-pyrrole nitrogens is 1. The molecule has 1 atom stereocenters. The molecule has 0 bridgehead atoms. The number of nitrogens with zero attached hydrogens (tertiary/aromatic N) is 3. The normalized spacial score (nSPS) is 12.2. The Hall–Kier alpha value is -4.17. The Morgan fingerprint density at radius 3 is 2.68 bits per heavy atom. The van der Waals surface area contributed by atoms with Crippen molar-refractivity contribution in [3.8, 4) is 5.75 Å². The van der Waals surface area contributed by atoms with E-state index in [1.165, 1.54) is 0 Å². The fourth-order valence-corrected chi connectivity index (χ4v) is 4.55. The number of hydrogen-bond acceptors (Lipinski definition) is 5. The molecule has 2 aromatic heterocycles. The summed E-state index contributed by atoms with van der Waals surface area (Å²) in [6, 6.07) is 21.4. The molecule has 0 saturated carbocycles. The number of aromatic nitrogens is 4. The minimum absolute atomic E-state index is 0.0375. The first kappa shape index (κ1) is 25.5. The summed E-state index contributed by atoms with van der Waals surface area (Å²) in [5, 5.41) is 2.96. The molecule has 0 aliphatic rings. The number of carbonyl (C=O) groups is 1. The Morgan fingerprint density at radius 1 is 1.03 bits per heavy atom. The van der Waals surface area contributed by atoms with Gasteiger partial charge in [-0.15, -0.1) is 0 Å². The summed E-state index contributed by atoms with van der Waals surface area (Å²) in [6.07, 6.45) is 0.974. The van der Waals surface area contributed by atoms with Crippen molar-refractivity contribution in [2.45, 2.75) is 32.8 Å². The lowest BCUT2D eigenvalue weighted by Gasteiger charge is -2.12. The average Bonchev–Trinajstić information content (AvgIpc) is 3.52. The summed E-state index contributed by atoms with van der Waals surface area (Å²) in [5.74, 6) is 2.33. The molecule has 0 radical (unpaired) electrons. The standard InChI is InChI=1S/C30H33N5O3/c1-4-16-37-19-22-9-5-8-12-27(22)38-17-15-31-30(36)21-13-14-25-26(18-21)35(3)29(34-25)20(2)28-32-23-10-6-7-11-24(23)33-28/h5-14,18,20H,4,15-17,19H2,1-3H3,(H,31,36)(H,32,33). The molecule has 5 rings (SSSR count). The van der Waals surface area contributed by atoms with Crippen molar-refractivity contribution in [1.29, 1.82) is 0 Å². The van der Waals surface area contributed by atoms with Crippen molar-refractivity contribution < 1.29 is 14.3 Å². The highest BCUT2D eigenvalue weighted by molar-refractivity contribution is 5.97. The summed E-state index contributed by atoms with van der Waals surface area (Å²) in [6.45, 7) is 6.15. The van der Waals surface area contributed by atoms with Crippen molar-refractivity contribution in [3.63, 3.8) is 0 Å². The largest absolute Gasteiger partial charge is 0.491 e. The summed E-state index contributed by atoms with van der Waals surface area (Å²) in [7, 11) is 1.97. The molecule has 2 heterocycles. The van der Waals surface area contributed by atoms with Crippen LogP contribution in [0.4, 0.5) is 0 Å². The number of aromatic amines is 1. The second-order valence-corrected chi connectivity index (χ2v) is 9.36. The number of nitrogens with one attached hydrogen (secondary N) is 2. The first-order valence-electron chi connectivity index (χ1n) is 13.0. The van der Waals surface area contributed by atoms with Crippen LogP contribution in [-0.2, 0) is 18.4 Å². The van der Waals surface area contributed by atoms with Gasteiger partial charge in [0.2, 0.25) is 0 Å². The van der Waals surface area contributed by atoms with Crippen LogP contribution >= 0.6 is 0 Å². The predicted octanol–water partition coefficient (Wildman–Crippen LogP) is 5.34. The Labute approximate surface area is 222 Å². The van der Waals surface area contributed by atoms with Gasteiger partial charge < -0.3 is 24.3 Å². The summed E-state index contributed by atoms with van der Waals surface area (Å²) < 4.78 is 13.6. The van der Waals surface area contributed by atoms with Crippen LogP contribution in [0.3, 0.4) is 0 Å². The van der Waals surface area contributed by atoms with Gasteiger partial charge in [0, 0.05) is 24.8 Å². The van der Waals surface area contributed by atoms with E-state index < -0.39 is 0 Å². The van der Waals surface area contributed by atoms with Gasteiger partial charge in [-0.05, 0) is 49.7 Å². The quantitative estimate of drug-likeness (QED) is 0.234. The second kappa shape index (κ2) is 11.5. The number of ether oxygens (including phenoxy) is 2. The van der Waals surface area contributed by atoms with Gasteiger partial charge in [-0.25, -0.2) is 9.97 Å². The number of rotatable bonds is 11. The second-order valence-electron chi connectivity index (χ2n) is 9.36. The first-order valence-corrected chi connectivity index (χ1v) is 13.0. The van der Waals surface area contributed by atoms with Gasteiger partial charge in [-0.2, -0.15) is 0 Å². The van der Waals surface area contributed by atoms with Gasteiger partial charge in [0.05, 0.1) is 41.1 Å². The summed E-state index contributed by atoms with van der Waals surface area (Å²) in [4.78, 5) is 25.9. The van der Waals surface area contributed by atoms with Crippen molar-refractivity contribution in [2.75, 3.05) is 19.8 Å². The van der Waals surface area contributed by atoms with Gasteiger partial charge in [0.1, 0.15) is 24.0 Å². The molecule has 1 unspecified atom stereocenters. The molecule has 196 valence electrons. The molecule has 38 heavy (non-hydrogen) atoms. The van der Waals surface area contributed by atoms with Crippen LogP contribution in [0.25, 0.3) is 22.1 Å². The molecule has 0 saturated heterocycles. The van der Waals surface area contributed by atoms with E-state index in [9.17, 15) is 4.79 Å². The Balaban J connectivity index is 1.23. The van der Waals surface area contributed by atoms with Crippen LogP contribution in [0, 0.1) is 0 Å². The third-order valence-corrected chi connectivity index (χ3v) is 6.61. The van der Waals surface area contributed by atoms with Crippen LogP contribution < -0.4 is 10.1 Å². The number of aryl methyl sites for hydroxylation is 1. The fourth-order valence-electron chi connectivity index (χ4n) is 4.55. The van der Waals surface area contributed by atoms with Gasteiger partial charge >= 0.3 is 0 Å². The number of benzene rings is 3. The van der Waals surface area contributed by atoms with E-state index in [1.54, 1.807) is 0 Å². The van der Waals surface area contributed by atoms with Crippen molar-refractivity contribution >= 4 is 28.0 Å². The minimum atomic E-state index is -0.150. The van der Waals surface area contributed by atoms with E-state index in [4.69, 9.17) is 19.4 Å². The van der Waals surface area contributed by atoms with E-state index in [-0.39, 0.29) is 11.8 Å². The SMILES string of the molecule is CCCOCc1ccccc1OCCNC(=O)c1ccc2nc(C(C)c3nc4ccccc4[nH]3)n(C)c2c1. The number of fused-ring (bicyclic) bond motifs is 2. The zero-order chi connectivity index (χ0) is 26.5. The lowest BCUT2D eigenvalue weighted by Crippen LogP contribution is -2.28. The molecule has 1 amide bonds. The van der Waals surface area contributed by atoms with Gasteiger partial charge in [-0.1, -0.05) is 37.3 Å². The third kappa shape index (κ3) is 5.40. The van der Waals surface area contributed by atoms with Crippen LogP contribution in [0.1, 0.15) is 53.8 Å². The monoisotopic (exact) mass is 511 g/mol. The smallest absolute Gasteiger partial charge is 0.251 e. The van der Waals surface area contributed by atoms with E-state index in [0.29, 0.717) is 31.9 Å². The lowest BCUT2D eigenvalue weighted by atomic mass is 10.1. The van der Waals surface area contributed by atoms with E-state index in [0.717, 1.165) is 51.4 Å². The highest BCUT2D eigenvalue weighted by Gasteiger charge is 2.20. The van der Waals surface area contributed by atoms with Gasteiger partial charge in [-0.3, -0.25) is 4.79 Å². The van der Waals surface area contributed by atoms with Crippen molar-refractivity contribution in [1.82, 2.24) is 24.8 Å². The molecule has 5 aromatic rings. The molecule has 0 aliphatic carbocycles. The Morgan fingerprint density at radius 2 is 1.84 bits per heavy atom. The Kier molecular flexibility index (Phi) is 7.70. The molecule has 8 heteroatoms. The molecule has 0 aliphatic heterocycles. The maximum Gasteiger partial charge on any atom is 0.251 e. The number of hydrogen-bond donors (Lipinski definition) is 2. The topological polar surface area (TPSA) is 94.1 Å². The Bertz CT molecular complexity index is 1520. The van der Waals surface area contributed by atoms with Gasteiger partial charge in [0.25, 0.3) is 5.91 Å². The van der Waals surface area contributed by atoms with E-state index in [1.807, 2.05) is 78.3 Å². The van der Waals surface area contributed by atoms with Crippen LogP contribution in [-0.4, -0.2) is 45.2 Å². The lowest BCUT2D eigenvalue weighted by molar-refractivity contribution is 0.0945. The fraction of sp³-hybridized carbons (Fsp3) is 0.300. The zero-order valence-electron chi connectivity index (χ0n) is 22.0. The summed E-state index contributed by atoms with van der Waals surface area (Å²) >= 11 is 0. The number of amides is 1. The molecular weight excluding hydrogens is 478 g/mol. The van der Waals surface area contributed by atoms with E-state index >= 15 is 0 Å². The first-order chi connectivity index (χ1) is 18.5. The number of carbonyl (C=O) groups excluding carboxylic acids is 1. The number of imidazole rings is 2. The van der Waals surface area contributed by atoms with Crippen LogP contribution in [0.5, 0.6) is 5.75 Å². The number of para-hydroxylation sites is 3. The van der Waals surface area contributed by atoms with Crippen LogP contribution in [0.2, 0.25) is 0 Å². The van der Waals surface area contributed by atoms with Crippen LogP contribution in [0.15, 0.2) is 66.7 Å². The van der Waals surface area contributed by atoms with E-state index in [2.05, 4.69) is 24.1 Å². The highest BCUT2D eigenvalue weighted by atomic mass is 16.5. The average molecular weight is 512 g/mol. The minimum Gasteiger partial charge on any atom is -0.491 e. The maximum absolute atomic E-state index is 12.9. The molecule has 3 aromatic carbocycles. The predicted molar refractivity (Wildman–Crippen MR) is 149 cm³/mol. The third-order valence-electron chi connectivity index (χ3n) is 6.61. The highest BCUT2D eigenvalue weighted by Crippen LogP contribution is 2.27. The van der Waals surface area contributed by atoms with Gasteiger partial charge in [0.15, 0.2) is 0 Å². The molecule has 8 nitrogen and oxygen atoms in total. The molecule has 0 spiro atoms. The van der Waals surface area contributed by atoms with Crippen molar-refractivity contribution in [2.24, 2.45) is 7.05 Å². The molecular formula is C30H33N5O3. The molecule has 2 N–H and O–H groups in total. The summed E-state index contributed by atoms with van der Waals surface area (Å²) in [5.41, 5.74) is 5.26. The maximum atomic E-state index is 12.9. The zero-order valence-corrected chi connectivity index (χ0v) is 22.0. The van der Waals surface area contributed by atoms with Crippen molar-refractivity contribution in [3.05, 3.63) is 89.5 Å².